The molecule has 0 aliphatic carbocycles. The van der Waals surface area contributed by atoms with E-state index in [1.54, 1.807) is 6.92 Å². The highest BCUT2D eigenvalue weighted by atomic mass is 32.2. The van der Waals surface area contributed by atoms with Gasteiger partial charge in [0.25, 0.3) is 10.1 Å². The van der Waals surface area contributed by atoms with Crippen LogP contribution in [0.15, 0.2) is 59.5 Å². The van der Waals surface area contributed by atoms with Crippen LogP contribution in [0.3, 0.4) is 0 Å². The Morgan fingerprint density at radius 2 is 1.67 bits per heavy atom. The highest BCUT2D eigenvalue weighted by molar-refractivity contribution is 7.90. The van der Waals surface area contributed by atoms with Crippen molar-refractivity contribution in [2.75, 3.05) is 11.4 Å². The number of benzene rings is 2. The van der Waals surface area contributed by atoms with Gasteiger partial charge in [0.15, 0.2) is 0 Å². The van der Waals surface area contributed by atoms with Gasteiger partial charge in [-0.3, -0.25) is 4.55 Å². The summed E-state index contributed by atoms with van der Waals surface area (Å²) < 4.78 is 34.4. The fourth-order valence-corrected chi connectivity index (χ4v) is 4.49. The molecule has 0 aromatic heterocycles. The minimum atomic E-state index is -4.33. The normalized spacial score (nSPS) is 17.8. The van der Waals surface area contributed by atoms with Crippen molar-refractivity contribution in [1.29, 1.82) is 0 Å². The third-order valence-electron chi connectivity index (χ3n) is 4.40. The van der Waals surface area contributed by atoms with Gasteiger partial charge in [0.05, 0.1) is 6.04 Å². The number of hydrogen-bond acceptors (Lipinski definition) is 3. The molecular weight excluding hydrogens is 322 g/mol. The highest BCUT2D eigenvalue weighted by Crippen LogP contribution is 2.46. The number of rotatable bonds is 4. The van der Waals surface area contributed by atoms with E-state index in [9.17, 15) is 13.0 Å². The maximum absolute atomic E-state index is 12.2. The van der Waals surface area contributed by atoms with E-state index < -0.39 is 16.2 Å². The van der Waals surface area contributed by atoms with Crippen molar-refractivity contribution >= 4 is 21.4 Å². The van der Waals surface area contributed by atoms with Crippen LogP contribution in [-0.2, 0) is 10.1 Å². The molecule has 0 bridgehead atoms. The average Bonchev–Trinajstić information content (AvgIpc) is 2.57. The van der Waals surface area contributed by atoms with Gasteiger partial charge in [0, 0.05) is 17.8 Å². The summed E-state index contributed by atoms with van der Waals surface area (Å²) in [5.41, 5.74) is 3.31. The number of allylic oxidation sites excluding steroid dienone is 1. The molecule has 24 heavy (non-hydrogen) atoms. The van der Waals surface area contributed by atoms with Crippen LogP contribution in [-0.4, -0.2) is 19.5 Å². The van der Waals surface area contributed by atoms with Crippen molar-refractivity contribution in [3.8, 4) is 0 Å². The Morgan fingerprint density at radius 1 is 1.04 bits per heavy atom. The first kappa shape index (κ1) is 16.7. The van der Waals surface area contributed by atoms with Gasteiger partial charge in [-0.1, -0.05) is 55.5 Å². The predicted molar refractivity (Wildman–Crippen MR) is 97.4 cm³/mol. The maximum atomic E-state index is 12.2. The molecule has 5 heteroatoms. The smallest absolute Gasteiger partial charge is 0.293 e. The van der Waals surface area contributed by atoms with Crippen molar-refractivity contribution in [2.24, 2.45) is 0 Å². The van der Waals surface area contributed by atoms with Gasteiger partial charge >= 0.3 is 0 Å². The quantitative estimate of drug-likeness (QED) is 0.842. The minimum Gasteiger partial charge on any atom is -0.359 e. The lowest BCUT2D eigenvalue weighted by molar-refractivity contribution is 0.485. The van der Waals surface area contributed by atoms with E-state index in [1.165, 1.54) is 0 Å². The Labute approximate surface area is 143 Å². The van der Waals surface area contributed by atoms with Crippen LogP contribution in [0.2, 0.25) is 0 Å². The number of hydrogen-bond donors (Lipinski definition) is 1. The first-order valence-corrected chi connectivity index (χ1v) is 9.48. The van der Waals surface area contributed by atoms with Crippen LogP contribution >= 0.6 is 0 Å². The van der Waals surface area contributed by atoms with Gasteiger partial charge in [0.1, 0.15) is 4.91 Å². The summed E-state index contributed by atoms with van der Waals surface area (Å²) in [6, 6.07) is 16.7. The van der Waals surface area contributed by atoms with Crippen LogP contribution in [0.5, 0.6) is 0 Å². The monoisotopic (exact) mass is 343 g/mol. The molecule has 1 aliphatic rings. The van der Waals surface area contributed by atoms with E-state index in [1.807, 2.05) is 54.6 Å². The van der Waals surface area contributed by atoms with E-state index in [0.717, 1.165) is 23.2 Å². The molecule has 1 atom stereocenters. The number of nitrogens with zero attached hydrogens (tertiary/aromatic N) is 1. The van der Waals surface area contributed by atoms with Crippen LogP contribution in [0.1, 0.15) is 37.4 Å². The molecule has 2 aromatic carbocycles. The Hall–Kier alpha value is -2.11. The Morgan fingerprint density at radius 3 is 2.29 bits per heavy atom. The molecular formula is C19H21NO3S. The molecule has 2 aromatic rings. The van der Waals surface area contributed by atoms with Gasteiger partial charge in [-0.05, 0) is 30.5 Å². The molecule has 1 N–H and O–H groups in total. The molecule has 3 rings (SSSR count). The van der Waals surface area contributed by atoms with E-state index in [-0.39, 0.29) is 4.91 Å². The van der Waals surface area contributed by atoms with E-state index in [2.05, 4.69) is 11.8 Å². The first-order valence-electron chi connectivity index (χ1n) is 8.04. The van der Waals surface area contributed by atoms with Gasteiger partial charge in [0.2, 0.25) is 0 Å². The summed E-state index contributed by atoms with van der Waals surface area (Å²) in [6.45, 7) is 4.52. The Bertz CT molecular complexity index is 872. The lowest BCUT2D eigenvalue weighted by Crippen LogP contribution is -2.36. The molecule has 1 heterocycles. The number of fused-ring (bicyclic) bond motifs is 1. The van der Waals surface area contributed by atoms with Crippen molar-refractivity contribution in [3.05, 3.63) is 70.6 Å². The molecule has 1 unspecified atom stereocenters. The van der Waals surface area contributed by atoms with Crippen molar-refractivity contribution < 1.29 is 13.0 Å². The summed E-state index contributed by atoms with van der Waals surface area (Å²) in [5, 5.41) is 0. The molecule has 4 nitrogen and oxygen atoms in total. The average molecular weight is 343 g/mol. The fourth-order valence-electron chi connectivity index (χ4n) is 3.45. The van der Waals surface area contributed by atoms with E-state index >= 15 is 0 Å². The molecule has 0 fully saturated rings. The molecule has 1 aliphatic heterocycles. The predicted octanol–water partition coefficient (Wildman–Crippen LogP) is 4.28. The van der Waals surface area contributed by atoms with Crippen LogP contribution in [0.25, 0.3) is 5.57 Å². The van der Waals surface area contributed by atoms with Crippen LogP contribution in [0, 0.1) is 0 Å². The van der Waals surface area contributed by atoms with Crippen LogP contribution < -0.4 is 4.90 Å². The van der Waals surface area contributed by atoms with Gasteiger partial charge in [-0.2, -0.15) is 8.42 Å². The van der Waals surface area contributed by atoms with Gasteiger partial charge in [-0.15, -0.1) is 0 Å². The van der Waals surface area contributed by atoms with Crippen molar-refractivity contribution in [3.63, 3.8) is 0 Å². The zero-order chi connectivity index (χ0) is 17.3. The van der Waals surface area contributed by atoms with Crippen molar-refractivity contribution in [2.45, 2.75) is 26.3 Å². The lowest BCUT2D eigenvalue weighted by Gasteiger charge is -2.40. The maximum Gasteiger partial charge on any atom is 0.293 e. The Balaban J connectivity index is 2.33. The van der Waals surface area contributed by atoms with Crippen LogP contribution in [0.4, 0.5) is 5.69 Å². The highest BCUT2D eigenvalue weighted by Gasteiger charge is 2.38. The molecule has 0 spiro atoms. The van der Waals surface area contributed by atoms with E-state index in [0.29, 0.717) is 12.1 Å². The molecule has 0 radical (unpaired) electrons. The minimum absolute atomic E-state index is 0.0702. The van der Waals surface area contributed by atoms with E-state index in [4.69, 9.17) is 0 Å². The largest absolute Gasteiger partial charge is 0.359 e. The molecule has 0 saturated heterocycles. The lowest BCUT2D eigenvalue weighted by atomic mass is 9.92. The summed E-state index contributed by atoms with van der Waals surface area (Å²) in [6.07, 6.45) is 0.871. The molecule has 126 valence electrons. The van der Waals surface area contributed by atoms with Gasteiger partial charge in [-0.25, -0.2) is 0 Å². The molecule has 0 saturated carbocycles. The third-order valence-corrected chi connectivity index (χ3v) is 5.49. The standard InChI is InChI=1S/C19H21NO3S/c1-3-13-20-17-12-8-7-11-16(17)14(2)19(24(21,22)23)18(20)15-9-5-4-6-10-15/h4-12,18H,3,13H2,1-2H3,(H,21,22,23). The number of para-hydroxylation sites is 1. The summed E-state index contributed by atoms with van der Waals surface area (Å²) in [7, 11) is -4.33. The summed E-state index contributed by atoms with van der Waals surface area (Å²) >= 11 is 0. The zero-order valence-electron chi connectivity index (χ0n) is 13.8. The topological polar surface area (TPSA) is 57.6 Å². The molecule has 0 amide bonds. The second-order valence-electron chi connectivity index (χ2n) is 5.99. The Kier molecular flexibility index (Phi) is 4.47. The SMILES string of the molecule is CCCN1c2ccccc2C(C)=C(S(=O)(=O)O)C1c1ccccc1. The second kappa shape index (κ2) is 6.42. The summed E-state index contributed by atoms with van der Waals surface area (Å²) in [4.78, 5) is 2.14. The second-order valence-corrected chi connectivity index (χ2v) is 7.38. The zero-order valence-corrected chi connectivity index (χ0v) is 14.6. The number of anilines is 1. The summed E-state index contributed by atoms with van der Waals surface area (Å²) in [5.74, 6) is 0. The first-order chi connectivity index (χ1) is 11.4. The van der Waals surface area contributed by atoms with Crippen molar-refractivity contribution in [1.82, 2.24) is 0 Å². The third kappa shape index (κ3) is 2.85. The van der Waals surface area contributed by atoms with Gasteiger partial charge < -0.3 is 4.90 Å². The fraction of sp³-hybridized carbons (Fsp3) is 0.263.